The van der Waals surface area contributed by atoms with Crippen molar-refractivity contribution >= 4 is 16.8 Å². The fourth-order valence-electron chi connectivity index (χ4n) is 0.682. The molecule has 6 heteroatoms. The molecule has 1 atom stereocenters. The van der Waals surface area contributed by atoms with Gasteiger partial charge in [-0.25, -0.2) is 8.78 Å². The van der Waals surface area contributed by atoms with Crippen molar-refractivity contribution in [2.75, 3.05) is 18.1 Å². The number of esters is 1. The van der Waals surface area contributed by atoms with E-state index >= 15 is 0 Å². The second-order valence-corrected chi connectivity index (χ2v) is 4.27. The van der Waals surface area contributed by atoms with Crippen molar-refractivity contribution in [3.8, 4) is 0 Å². The van der Waals surface area contributed by atoms with Gasteiger partial charge in [0.15, 0.2) is 0 Å². The zero-order valence-electron chi connectivity index (χ0n) is 8.00. The summed E-state index contributed by atoms with van der Waals surface area (Å²) in [6.45, 7) is 2.12. The molecule has 84 valence electrons. The average Bonchev–Trinajstić information content (AvgIpc) is 2.11. The molecule has 0 N–H and O–H groups in total. The molecule has 0 aliphatic rings. The van der Waals surface area contributed by atoms with E-state index in [1.165, 1.54) is 0 Å². The minimum absolute atomic E-state index is 0.154. The van der Waals surface area contributed by atoms with Crippen LogP contribution >= 0.6 is 0 Å². The number of halogens is 2. The second kappa shape index (κ2) is 7.84. The Morgan fingerprint density at radius 1 is 1.50 bits per heavy atom. The Kier molecular flexibility index (Phi) is 7.55. The highest BCUT2D eigenvalue weighted by Crippen LogP contribution is 2.00. The normalized spacial score (nSPS) is 12.9. The smallest absolute Gasteiger partial charge is 0.318 e. The summed E-state index contributed by atoms with van der Waals surface area (Å²) in [4.78, 5) is 10.9. The van der Waals surface area contributed by atoms with Gasteiger partial charge in [-0.1, -0.05) is 6.92 Å². The van der Waals surface area contributed by atoms with Crippen LogP contribution in [0.5, 0.6) is 0 Å². The largest absolute Gasteiger partial charge is 0.465 e. The molecule has 14 heavy (non-hydrogen) atoms. The zero-order chi connectivity index (χ0) is 11.0. The van der Waals surface area contributed by atoms with E-state index in [9.17, 15) is 17.8 Å². The maximum Gasteiger partial charge on any atom is 0.318 e. The predicted octanol–water partition coefficient (Wildman–Crippen LogP) is 1.34. The fourth-order valence-corrected chi connectivity index (χ4v) is 1.61. The topological polar surface area (TPSA) is 43.4 Å². The fraction of sp³-hybridized carbons (Fsp3) is 0.875. The lowest BCUT2D eigenvalue weighted by atomic mass is 10.5. The van der Waals surface area contributed by atoms with Crippen molar-refractivity contribution in [2.24, 2.45) is 0 Å². The number of hydrogen-bond donors (Lipinski definition) is 0. The summed E-state index contributed by atoms with van der Waals surface area (Å²) in [7, 11) is -1.53. The predicted molar refractivity (Wildman–Crippen MR) is 49.7 cm³/mol. The van der Waals surface area contributed by atoms with Gasteiger partial charge in [-0.05, 0) is 6.42 Å². The van der Waals surface area contributed by atoms with E-state index in [4.69, 9.17) is 0 Å². The minimum Gasteiger partial charge on any atom is -0.465 e. The van der Waals surface area contributed by atoms with Crippen molar-refractivity contribution in [3.63, 3.8) is 0 Å². The molecule has 0 amide bonds. The third kappa shape index (κ3) is 8.10. The van der Waals surface area contributed by atoms with E-state index in [1.54, 1.807) is 0 Å². The first kappa shape index (κ1) is 13.5. The molecule has 0 bridgehead atoms. The van der Waals surface area contributed by atoms with E-state index in [2.05, 4.69) is 4.74 Å². The standard InChI is InChI=1S/C8H14F2O3S/c1-2-4-13-8(11)6-14(12)5-3-7(9)10/h7H,2-6H2,1H3. The minimum atomic E-state index is -2.47. The molecule has 0 aliphatic carbocycles. The summed E-state index contributed by atoms with van der Waals surface area (Å²) >= 11 is 0. The molecule has 0 fully saturated rings. The van der Waals surface area contributed by atoms with Gasteiger partial charge < -0.3 is 4.74 Å². The highest BCUT2D eigenvalue weighted by molar-refractivity contribution is 7.85. The van der Waals surface area contributed by atoms with Gasteiger partial charge in [0, 0.05) is 23.0 Å². The first-order valence-corrected chi connectivity index (χ1v) is 5.83. The van der Waals surface area contributed by atoms with E-state index in [-0.39, 0.29) is 18.1 Å². The molecule has 0 aromatic carbocycles. The SMILES string of the molecule is CCCOC(=O)CS(=O)CCC(F)F. The molecule has 0 rings (SSSR count). The highest BCUT2D eigenvalue weighted by atomic mass is 32.2. The van der Waals surface area contributed by atoms with Crippen LogP contribution in [0.25, 0.3) is 0 Å². The first-order chi connectivity index (χ1) is 6.56. The molecule has 1 unspecified atom stereocenters. The Morgan fingerprint density at radius 2 is 2.14 bits per heavy atom. The average molecular weight is 228 g/mol. The van der Waals surface area contributed by atoms with E-state index < -0.39 is 29.6 Å². The van der Waals surface area contributed by atoms with Gasteiger partial charge in [-0.3, -0.25) is 9.00 Å². The van der Waals surface area contributed by atoms with Gasteiger partial charge in [0.05, 0.1) is 6.61 Å². The summed E-state index contributed by atoms with van der Waals surface area (Å²) in [6.07, 6.45) is -2.21. The Labute approximate surface area is 84.3 Å². The Hall–Kier alpha value is -0.520. The van der Waals surface area contributed by atoms with Crippen LogP contribution in [0.15, 0.2) is 0 Å². The van der Waals surface area contributed by atoms with Gasteiger partial charge in [-0.2, -0.15) is 0 Å². The maximum atomic E-state index is 11.7. The molecule has 0 aliphatic heterocycles. The summed E-state index contributed by atoms with van der Waals surface area (Å²) < 4.78 is 39.0. The van der Waals surface area contributed by atoms with Crippen molar-refractivity contribution in [1.29, 1.82) is 0 Å². The number of carbonyl (C=O) groups is 1. The number of alkyl halides is 2. The van der Waals surface area contributed by atoms with Gasteiger partial charge in [0.2, 0.25) is 6.43 Å². The number of rotatable bonds is 7. The lowest BCUT2D eigenvalue weighted by Gasteiger charge is -2.02. The Morgan fingerprint density at radius 3 is 2.64 bits per heavy atom. The summed E-state index contributed by atoms with van der Waals surface area (Å²) in [5.41, 5.74) is 0. The van der Waals surface area contributed by atoms with Crippen LogP contribution in [0, 0.1) is 0 Å². The van der Waals surface area contributed by atoms with Gasteiger partial charge in [0.25, 0.3) is 0 Å². The number of ether oxygens (including phenoxy) is 1. The molecule has 0 radical (unpaired) electrons. The van der Waals surface area contributed by atoms with Crippen LogP contribution in [0.2, 0.25) is 0 Å². The molecular weight excluding hydrogens is 214 g/mol. The lowest BCUT2D eigenvalue weighted by Crippen LogP contribution is -2.17. The lowest BCUT2D eigenvalue weighted by molar-refractivity contribution is -0.140. The first-order valence-electron chi connectivity index (χ1n) is 4.35. The van der Waals surface area contributed by atoms with E-state index in [0.29, 0.717) is 6.42 Å². The summed E-state index contributed by atoms with van der Waals surface area (Å²) in [6, 6.07) is 0. The second-order valence-electron chi connectivity index (χ2n) is 2.69. The molecule has 0 saturated heterocycles. The molecular formula is C8H14F2O3S. The Balaban J connectivity index is 3.55. The maximum absolute atomic E-state index is 11.7. The van der Waals surface area contributed by atoms with Crippen LogP contribution < -0.4 is 0 Å². The highest BCUT2D eigenvalue weighted by Gasteiger charge is 2.11. The van der Waals surface area contributed by atoms with E-state index in [1.807, 2.05) is 6.92 Å². The van der Waals surface area contributed by atoms with Crippen molar-refractivity contribution in [2.45, 2.75) is 26.2 Å². The van der Waals surface area contributed by atoms with Crippen LogP contribution in [0.4, 0.5) is 8.78 Å². The van der Waals surface area contributed by atoms with Crippen LogP contribution in [-0.2, 0) is 20.3 Å². The monoisotopic (exact) mass is 228 g/mol. The van der Waals surface area contributed by atoms with Crippen molar-refractivity contribution in [3.05, 3.63) is 0 Å². The Bertz CT molecular complexity index is 197. The molecule has 0 aromatic heterocycles. The molecule has 0 spiro atoms. The number of hydrogen-bond acceptors (Lipinski definition) is 3. The van der Waals surface area contributed by atoms with Gasteiger partial charge >= 0.3 is 5.97 Å². The van der Waals surface area contributed by atoms with Crippen LogP contribution in [-0.4, -0.2) is 34.7 Å². The van der Waals surface area contributed by atoms with Gasteiger partial charge in [-0.15, -0.1) is 0 Å². The zero-order valence-corrected chi connectivity index (χ0v) is 8.82. The summed E-state index contributed by atoms with van der Waals surface area (Å²) in [5.74, 6) is -1.02. The van der Waals surface area contributed by atoms with Gasteiger partial charge in [0.1, 0.15) is 5.75 Å². The van der Waals surface area contributed by atoms with Crippen LogP contribution in [0.3, 0.4) is 0 Å². The van der Waals surface area contributed by atoms with E-state index in [0.717, 1.165) is 0 Å². The molecule has 0 aromatic rings. The van der Waals surface area contributed by atoms with Crippen LogP contribution in [0.1, 0.15) is 19.8 Å². The number of carbonyl (C=O) groups excluding carboxylic acids is 1. The molecule has 0 saturated carbocycles. The third-order valence-electron chi connectivity index (χ3n) is 1.31. The summed E-state index contributed by atoms with van der Waals surface area (Å²) in [5, 5.41) is 0. The third-order valence-corrected chi connectivity index (χ3v) is 2.56. The molecule has 0 heterocycles. The quantitative estimate of drug-likeness (QED) is 0.618. The van der Waals surface area contributed by atoms with Crippen molar-refractivity contribution < 1.29 is 22.5 Å². The van der Waals surface area contributed by atoms with Crippen molar-refractivity contribution in [1.82, 2.24) is 0 Å². The molecule has 3 nitrogen and oxygen atoms in total.